The number of rotatable bonds is 21. The SMILES string of the molecule is COc1ccc(C(OC)(OC)OCCOC(OC)(OC)c2cc3ccc(COC(OC)(OC)c4ccc5ccccc5c4OC)cc3cc2OC)cc1OC. The minimum atomic E-state index is -1.66. The Morgan fingerprint density at radius 3 is 1.64 bits per heavy atom. The number of hydrogen-bond donors (Lipinski definition) is 0. The third-order valence-electron chi connectivity index (χ3n) is 9.41. The van der Waals surface area contributed by atoms with Gasteiger partial charge in [0.05, 0.1) is 59.4 Å². The second kappa shape index (κ2) is 18.4. The van der Waals surface area contributed by atoms with E-state index in [1.54, 1.807) is 46.6 Å². The Hall–Kier alpha value is -4.54. The topological polar surface area (TPSA) is 120 Å². The van der Waals surface area contributed by atoms with E-state index in [0.29, 0.717) is 39.7 Å². The average Bonchev–Trinajstić information content (AvgIpc) is 3.25. The Morgan fingerprint density at radius 1 is 0.418 bits per heavy atom. The lowest BCUT2D eigenvalue weighted by molar-refractivity contribution is -0.399. The molecule has 0 radical (unpaired) electrons. The third-order valence-corrected chi connectivity index (χ3v) is 9.41. The fourth-order valence-corrected chi connectivity index (χ4v) is 6.60. The van der Waals surface area contributed by atoms with E-state index in [1.165, 1.54) is 42.7 Å². The molecule has 0 spiro atoms. The molecule has 0 unspecified atom stereocenters. The highest BCUT2D eigenvalue weighted by Gasteiger charge is 2.40. The summed E-state index contributed by atoms with van der Waals surface area (Å²) in [4.78, 5) is 0. The van der Waals surface area contributed by atoms with Crippen LogP contribution in [-0.4, -0.2) is 84.3 Å². The molecule has 55 heavy (non-hydrogen) atoms. The summed E-state index contributed by atoms with van der Waals surface area (Å²) < 4.78 is 76.2. The van der Waals surface area contributed by atoms with Crippen molar-refractivity contribution in [2.75, 3.05) is 84.3 Å². The zero-order valence-electron chi connectivity index (χ0n) is 33.0. The lowest BCUT2D eigenvalue weighted by Gasteiger charge is -2.34. The highest BCUT2D eigenvalue weighted by molar-refractivity contribution is 5.90. The minimum Gasteiger partial charge on any atom is -0.496 e. The van der Waals surface area contributed by atoms with Gasteiger partial charge in [-0.05, 0) is 64.2 Å². The first-order valence-corrected chi connectivity index (χ1v) is 17.3. The van der Waals surface area contributed by atoms with E-state index in [-0.39, 0.29) is 19.8 Å². The normalized spacial score (nSPS) is 12.3. The maximum absolute atomic E-state index is 6.40. The van der Waals surface area contributed by atoms with Crippen molar-refractivity contribution in [3.63, 3.8) is 0 Å². The van der Waals surface area contributed by atoms with Crippen molar-refractivity contribution >= 4 is 21.5 Å². The van der Waals surface area contributed by atoms with Crippen LogP contribution in [-0.2, 0) is 67.2 Å². The van der Waals surface area contributed by atoms with Crippen LogP contribution in [0.1, 0.15) is 22.3 Å². The summed E-state index contributed by atoms with van der Waals surface area (Å²) in [6.07, 6.45) is 0. The second-order valence-corrected chi connectivity index (χ2v) is 12.1. The van der Waals surface area contributed by atoms with Crippen LogP contribution >= 0.6 is 0 Å². The van der Waals surface area contributed by atoms with Gasteiger partial charge in [-0.25, -0.2) is 0 Å². The molecule has 0 N–H and O–H groups in total. The van der Waals surface area contributed by atoms with Crippen molar-refractivity contribution in [2.45, 2.75) is 24.5 Å². The number of ether oxygens (including phenoxy) is 13. The first-order valence-electron chi connectivity index (χ1n) is 17.3. The van der Waals surface area contributed by atoms with Gasteiger partial charge in [-0.2, -0.15) is 0 Å². The van der Waals surface area contributed by atoms with Crippen molar-refractivity contribution in [1.82, 2.24) is 0 Å². The van der Waals surface area contributed by atoms with Gasteiger partial charge in [0.2, 0.25) is 0 Å². The largest absolute Gasteiger partial charge is 0.496 e. The second-order valence-electron chi connectivity index (χ2n) is 12.1. The smallest absolute Gasteiger partial charge is 0.315 e. The Balaban J connectivity index is 1.36. The molecule has 0 fully saturated rings. The van der Waals surface area contributed by atoms with Gasteiger partial charge in [0.1, 0.15) is 11.5 Å². The summed E-state index contributed by atoms with van der Waals surface area (Å²) in [6, 6.07) is 26.7. The fraction of sp³-hybridized carbons (Fsp3) is 0.381. The zero-order valence-corrected chi connectivity index (χ0v) is 33.0. The van der Waals surface area contributed by atoms with E-state index in [0.717, 1.165) is 27.1 Å². The molecule has 13 nitrogen and oxygen atoms in total. The summed E-state index contributed by atoms with van der Waals surface area (Å²) in [5.41, 5.74) is 2.50. The standard InChI is InChI=1S/C42H50O13/c1-43-36-20-18-32(26-38(36)45-3)40(47-5,48-6)53-21-22-54-42(51-9,52-10)35-24-30-16-15-28(23-31(30)25-37(35)44-2)27-55-41(49-7,50-8)34-19-17-29-13-11-12-14-33(29)39(34)46-4/h11-20,23-26H,21-22,27H2,1-10H3. The van der Waals surface area contributed by atoms with Crippen LogP contribution in [0.25, 0.3) is 21.5 Å². The Morgan fingerprint density at radius 2 is 1.02 bits per heavy atom. The number of benzene rings is 5. The molecule has 5 aromatic rings. The number of fused-ring (bicyclic) bond motifs is 2. The van der Waals surface area contributed by atoms with Gasteiger partial charge < -0.3 is 61.6 Å². The molecule has 0 saturated carbocycles. The van der Waals surface area contributed by atoms with E-state index in [2.05, 4.69) is 0 Å². The van der Waals surface area contributed by atoms with Crippen molar-refractivity contribution < 1.29 is 61.6 Å². The van der Waals surface area contributed by atoms with Crippen LogP contribution in [0.3, 0.4) is 0 Å². The van der Waals surface area contributed by atoms with Crippen LogP contribution in [0.15, 0.2) is 84.9 Å². The zero-order chi connectivity index (χ0) is 39.6. The molecular formula is C42H50O13. The fourth-order valence-electron chi connectivity index (χ4n) is 6.60. The van der Waals surface area contributed by atoms with E-state index in [1.807, 2.05) is 66.7 Å². The van der Waals surface area contributed by atoms with Gasteiger partial charge in [-0.3, -0.25) is 0 Å². The molecule has 296 valence electrons. The summed E-state index contributed by atoms with van der Waals surface area (Å²) in [6.45, 7) is 0.164. The third kappa shape index (κ3) is 8.21. The van der Waals surface area contributed by atoms with Crippen molar-refractivity contribution in [3.8, 4) is 23.0 Å². The molecule has 0 aliphatic rings. The monoisotopic (exact) mass is 762 g/mol. The molecule has 0 saturated heterocycles. The van der Waals surface area contributed by atoms with Crippen LogP contribution < -0.4 is 18.9 Å². The van der Waals surface area contributed by atoms with Gasteiger partial charge in [-0.15, -0.1) is 0 Å². The minimum absolute atomic E-state index is 0.00362. The number of hydrogen-bond acceptors (Lipinski definition) is 13. The summed E-state index contributed by atoms with van der Waals surface area (Å²) in [5.74, 6) is -2.68. The molecule has 0 bridgehead atoms. The molecule has 5 rings (SSSR count). The van der Waals surface area contributed by atoms with E-state index in [9.17, 15) is 0 Å². The van der Waals surface area contributed by atoms with Gasteiger partial charge in [0.25, 0.3) is 0 Å². The van der Waals surface area contributed by atoms with E-state index < -0.39 is 17.9 Å². The first-order chi connectivity index (χ1) is 26.7. The van der Waals surface area contributed by atoms with E-state index >= 15 is 0 Å². The Kier molecular flexibility index (Phi) is 13.9. The lowest BCUT2D eigenvalue weighted by Crippen LogP contribution is -2.38. The molecule has 0 aliphatic heterocycles. The van der Waals surface area contributed by atoms with Crippen molar-refractivity contribution in [2.24, 2.45) is 0 Å². The van der Waals surface area contributed by atoms with Crippen molar-refractivity contribution in [1.29, 1.82) is 0 Å². The molecular weight excluding hydrogens is 712 g/mol. The van der Waals surface area contributed by atoms with Crippen LogP contribution in [0.4, 0.5) is 0 Å². The predicted octanol–water partition coefficient (Wildman–Crippen LogP) is 7.19. The van der Waals surface area contributed by atoms with Crippen LogP contribution in [0.5, 0.6) is 23.0 Å². The molecule has 0 amide bonds. The quantitative estimate of drug-likeness (QED) is 0.0555. The molecule has 0 atom stereocenters. The molecule has 0 aliphatic carbocycles. The van der Waals surface area contributed by atoms with E-state index in [4.69, 9.17) is 61.6 Å². The maximum atomic E-state index is 6.40. The highest BCUT2D eigenvalue weighted by atomic mass is 16.9. The first kappa shape index (κ1) is 41.6. The van der Waals surface area contributed by atoms with Crippen LogP contribution in [0, 0.1) is 0 Å². The van der Waals surface area contributed by atoms with Crippen LogP contribution in [0.2, 0.25) is 0 Å². The van der Waals surface area contributed by atoms with Gasteiger partial charge in [0.15, 0.2) is 11.5 Å². The summed E-state index contributed by atoms with van der Waals surface area (Å²) in [5, 5.41) is 3.66. The summed E-state index contributed by atoms with van der Waals surface area (Å²) >= 11 is 0. The number of methoxy groups -OCH3 is 10. The summed E-state index contributed by atoms with van der Waals surface area (Å²) in [7, 11) is 15.2. The molecule has 13 heteroatoms. The van der Waals surface area contributed by atoms with Gasteiger partial charge in [0, 0.05) is 53.6 Å². The predicted molar refractivity (Wildman–Crippen MR) is 204 cm³/mol. The maximum Gasteiger partial charge on any atom is 0.315 e. The van der Waals surface area contributed by atoms with Gasteiger partial charge in [-0.1, -0.05) is 42.5 Å². The average molecular weight is 763 g/mol. The Labute approximate surface area is 321 Å². The molecule has 5 aromatic carbocycles. The lowest BCUT2D eigenvalue weighted by atomic mass is 10.0. The van der Waals surface area contributed by atoms with Crippen molar-refractivity contribution in [3.05, 3.63) is 107 Å². The molecule has 0 aromatic heterocycles. The van der Waals surface area contributed by atoms with Gasteiger partial charge >= 0.3 is 17.9 Å². The molecule has 0 heterocycles. The highest BCUT2D eigenvalue weighted by Crippen LogP contribution is 2.42. The Bertz CT molecular complexity index is 2020.